The van der Waals surface area contributed by atoms with Crippen LogP contribution in [0.1, 0.15) is 26.7 Å². The van der Waals surface area contributed by atoms with Crippen LogP contribution in [0.15, 0.2) is 0 Å². The molecule has 3 N–H and O–H groups in total. The van der Waals surface area contributed by atoms with Gasteiger partial charge in [0.1, 0.15) is 0 Å². The van der Waals surface area contributed by atoms with Crippen LogP contribution in [0.4, 0.5) is 0 Å². The van der Waals surface area contributed by atoms with Crippen LogP contribution in [0.2, 0.25) is 0 Å². The molecule has 13 heavy (non-hydrogen) atoms. The molecular formula is C9H19N3O. The second-order valence-electron chi connectivity index (χ2n) is 3.82. The molecule has 1 rings (SSSR count). The van der Waals surface area contributed by atoms with Gasteiger partial charge in [-0.2, -0.15) is 0 Å². The summed E-state index contributed by atoms with van der Waals surface area (Å²) in [6.45, 7) is 6.27. The molecule has 0 aliphatic carbocycles. The van der Waals surface area contributed by atoms with Crippen molar-refractivity contribution in [2.75, 3.05) is 13.1 Å². The Bertz CT molecular complexity index is 184. The van der Waals surface area contributed by atoms with Crippen LogP contribution in [0.3, 0.4) is 0 Å². The quantitative estimate of drug-likeness (QED) is 0.372. The number of nitrogens with one attached hydrogen (secondary N) is 1. The SMILES string of the molecule is CCC(C(=O)NN)N1CCC(C)C1. The van der Waals surface area contributed by atoms with Crippen LogP contribution in [-0.2, 0) is 4.79 Å². The molecule has 1 aliphatic heterocycles. The van der Waals surface area contributed by atoms with Crippen molar-refractivity contribution in [2.24, 2.45) is 11.8 Å². The van der Waals surface area contributed by atoms with Gasteiger partial charge >= 0.3 is 0 Å². The summed E-state index contributed by atoms with van der Waals surface area (Å²) < 4.78 is 0. The normalized spacial score (nSPS) is 25.9. The van der Waals surface area contributed by atoms with E-state index in [1.54, 1.807) is 0 Å². The number of amides is 1. The van der Waals surface area contributed by atoms with Crippen LogP contribution in [0.5, 0.6) is 0 Å². The van der Waals surface area contributed by atoms with E-state index in [2.05, 4.69) is 17.2 Å². The van der Waals surface area contributed by atoms with Crippen LogP contribution in [0.25, 0.3) is 0 Å². The van der Waals surface area contributed by atoms with Crippen molar-refractivity contribution in [3.63, 3.8) is 0 Å². The Labute approximate surface area is 79.4 Å². The van der Waals surface area contributed by atoms with Gasteiger partial charge in [0.05, 0.1) is 6.04 Å². The first-order valence-electron chi connectivity index (χ1n) is 4.93. The van der Waals surface area contributed by atoms with Gasteiger partial charge in [-0.15, -0.1) is 0 Å². The molecule has 0 radical (unpaired) electrons. The number of likely N-dealkylation sites (tertiary alicyclic amines) is 1. The monoisotopic (exact) mass is 185 g/mol. The van der Waals surface area contributed by atoms with Crippen molar-refractivity contribution in [3.05, 3.63) is 0 Å². The van der Waals surface area contributed by atoms with E-state index in [4.69, 9.17) is 5.84 Å². The smallest absolute Gasteiger partial charge is 0.251 e. The molecular weight excluding hydrogens is 166 g/mol. The number of rotatable bonds is 3. The van der Waals surface area contributed by atoms with Crippen molar-refractivity contribution in [2.45, 2.75) is 32.7 Å². The van der Waals surface area contributed by atoms with Gasteiger partial charge in [-0.1, -0.05) is 13.8 Å². The largest absolute Gasteiger partial charge is 0.293 e. The summed E-state index contributed by atoms with van der Waals surface area (Å²) in [7, 11) is 0. The zero-order valence-corrected chi connectivity index (χ0v) is 8.42. The molecule has 4 heteroatoms. The molecule has 0 bridgehead atoms. The van der Waals surface area contributed by atoms with E-state index in [1.807, 2.05) is 6.92 Å². The summed E-state index contributed by atoms with van der Waals surface area (Å²) in [5.74, 6) is 5.77. The predicted molar refractivity (Wildman–Crippen MR) is 51.8 cm³/mol. The molecule has 1 heterocycles. The third kappa shape index (κ3) is 2.42. The highest BCUT2D eigenvalue weighted by Crippen LogP contribution is 2.19. The van der Waals surface area contributed by atoms with Crippen LogP contribution < -0.4 is 11.3 Å². The number of nitrogens with zero attached hydrogens (tertiary/aromatic N) is 1. The number of carbonyl (C=O) groups is 1. The lowest BCUT2D eigenvalue weighted by Crippen LogP contribution is -2.47. The molecule has 2 unspecified atom stereocenters. The second-order valence-corrected chi connectivity index (χ2v) is 3.82. The highest BCUT2D eigenvalue weighted by Gasteiger charge is 2.28. The van der Waals surface area contributed by atoms with Gasteiger partial charge in [-0.25, -0.2) is 5.84 Å². The van der Waals surface area contributed by atoms with E-state index in [0.29, 0.717) is 5.92 Å². The van der Waals surface area contributed by atoms with E-state index in [-0.39, 0.29) is 11.9 Å². The molecule has 1 aliphatic rings. The minimum absolute atomic E-state index is 0.0325. The third-order valence-electron chi connectivity index (χ3n) is 2.73. The van der Waals surface area contributed by atoms with Crippen molar-refractivity contribution in [3.8, 4) is 0 Å². The lowest BCUT2D eigenvalue weighted by molar-refractivity contribution is -0.126. The molecule has 1 saturated heterocycles. The minimum atomic E-state index is -0.0587. The Morgan fingerprint density at radius 2 is 2.46 bits per heavy atom. The Kier molecular flexibility index (Phi) is 3.69. The van der Waals surface area contributed by atoms with Crippen molar-refractivity contribution >= 4 is 5.91 Å². The van der Waals surface area contributed by atoms with Gasteiger partial charge in [0, 0.05) is 6.54 Å². The van der Waals surface area contributed by atoms with Gasteiger partial charge < -0.3 is 0 Å². The van der Waals surface area contributed by atoms with E-state index in [0.717, 1.165) is 19.5 Å². The molecule has 0 aromatic rings. The molecule has 4 nitrogen and oxygen atoms in total. The molecule has 1 fully saturated rings. The lowest BCUT2D eigenvalue weighted by atomic mass is 10.1. The zero-order chi connectivity index (χ0) is 9.84. The molecule has 0 aromatic heterocycles. The Morgan fingerprint density at radius 3 is 2.85 bits per heavy atom. The topological polar surface area (TPSA) is 58.4 Å². The van der Waals surface area contributed by atoms with E-state index in [9.17, 15) is 4.79 Å². The fourth-order valence-corrected chi connectivity index (χ4v) is 1.96. The summed E-state index contributed by atoms with van der Waals surface area (Å²) in [6, 6.07) is -0.0325. The number of nitrogens with two attached hydrogens (primary N) is 1. The summed E-state index contributed by atoms with van der Waals surface area (Å²) in [5, 5.41) is 0. The number of hydrogen-bond acceptors (Lipinski definition) is 3. The number of hydrazine groups is 1. The summed E-state index contributed by atoms with van der Waals surface area (Å²) in [6.07, 6.45) is 2.02. The first kappa shape index (κ1) is 10.5. The standard InChI is InChI=1S/C9H19N3O/c1-3-8(9(13)11-10)12-5-4-7(2)6-12/h7-8H,3-6,10H2,1-2H3,(H,11,13). The van der Waals surface area contributed by atoms with Gasteiger partial charge in [-0.3, -0.25) is 15.1 Å². The van der Waals surface area contributed by atoms with Crippen LogP contribution in [-0.4, -0.2) is 29.9 Å². The number of hydrogen-bond donors (Lipinski definition) is 2. The molecule has 0 spiro atoms. The summed E-state index contributed by atoms with van der Waals surface area (Å²) in [5.41, 5.74) is 2.23. The third-order valence-corrected chi connectivity index (χ3v) is 2.73. The average Bonchev–Trinajstić information content (AvgIpc) is 2.53. The fraction of sp³-hybridized carbons (Fsp3) is 0.889. The van der Waals surface area contributed by atoms with Crippen LogP contribution >= 0.6 is 0 Å². The molecule has 1 amide bonds. The van der Waals surface area contributed by atoms with Crippen LogP contribution in [0, 0.1) is 5.92 Å². The Morgan fingerprint density at radius 1 is 1.77 bits per heavy atom. The first-order chi connectivity index (χ1) is 6.19. The van der Waals surface area contributed by atoms with Gasteiger partial charge in [0.15, 0.2) is 0 Å². The van der Waals surface area contributed by atoms with Crippen molar-refractivity contribution < 1.29 is 4.79 Å². The van der Waals surface area contributed by atoms with Crippen molar-refractivity contribution in [1.82, 2.24) is 10.3 Å². The minimum Gasteiger partial charge on any atom is -0.293 e. The van der Waals surface area contributed by atoms with E-state index < -0.39 is 0 Å². The van der Waals surface area contributed by atoms with E-state index in [1.165, 1.54) is 6.42 Å². The zero-order valence-electron chi connectivity index (χ0n) is 8.42. The van der Waals surface area contributed by atoms with E-state index >= 15 is 0 Å². The maximum Gasteiger partial charge on any atom is 0.251 e. The second kappa shape index (κ2) is 4.58. The molecule has 0 aromatic carbocycles. The predicted octanol–water partition coefficient (Wildman–Crippen LogP) is 0.0967. The number of carbonyl (C=O) groups excluding carboxylic acids is 1. The maximum absolute atomic E-state index is 11.4. The Hall–Kier alpha value is -0.610. The maximum atomic E-state index is 11.4. The first-order valence-corrected chi connectivity index (χ1v) is 4.93. The fourth-order valence-electron chi connectivity index (χ4n) is 1.96. The van der Waals surface area contributed by atoms with Crippen molar-refractivity contribution in [1.29, 1.82) is 0 Å². The molecule has 76 valence electrons. The molecule has 2 atom stereocenters. The van der Waals surface area contributed by atoms with Gasteiger partial charge in [-0.05, 0) is 25.3 Å². The van der Waals surface area contributed by atoms with Gasteiger partial charge in [0.25, 0.3) is 5.91 Å². The molecule has 0 saturated carbocycles. The highest BCUT2D eigenvalue weighted by molar-refractivity contribution is 5.81. The van der Waals surface area contributed by atoms with Gasteiger partial charge in [0.2, 0.25) is 0 Å². The summed E-state index contributed by atoms with van der Waals surface area (Å²) >= 11 is 0. The highest BCUT2D eigenvalue weighted by atomic mass is 16.2. The lowest BCUT2D eigenvalue weighted by Gasteiger charge is -2.24. The Balaban J connectivity index is 2.51. The average molecular weight is 185 g/mol. The summed E-state index contributed by atoms with van der Waals surface area (Å²) in [4.78, 5) is 13.6.